The number of phenolic OH excluding ortho intramolecular Hbond substituents is 1. The van der Waals surface area contributed by atoms with Crippen molar-refractivity contribution in [1.82, 2.24) is 5.32 Å². The lowest BCUT2D eigenvalue weighted by Gasteiger charge is -2.11. The number of phenols is 1. The van der Waals surface area contributed by atoms with Crippen molar-refractivity contribution in [1.29, 1.82) is 0 Å². The van der Waals surface area contributed by atoms with E-state index in [0.29, 0.717) is 6.08 Å². The summed E-state index contributed by atoms with van der Waals surface area (Å²) in [6.07, 6.45) is -4.23. The van der Waals surface area contributed by atoms with Gasteiger partial charge in [0, 0.05) is 16.1 Å². The summed E-state index contributed by atoms with van der Waals surface area (Å²) in [4.78, 5) is 24.0. The highest BCUT2D eigenvalue weighted by atomic mass is 79.9. The number of imide groups is 1. The van der Waals surface area contributed by atoms with Crippen molar-refractivity contribution in [3.05, 3.63) is 62.1 Å². The van der Waals surface area contributed by atoms with E-state index in [0.717, 1.165) is 12.1 Å². The molecule has 3 amide bonds. The van der Waals surface area contributed by atoms with Gasteiger partial charge in [0.2, 0.25) is 0 Å². The van der Waals surface area contributed by atoms with E-state index in [-0.39, 0.29) is 26.3 Å². The Morgan fingerprint density at radius 3 is 2.43 bits per heavy atom. The third-order valence-electron chi connectivity index (χ3n) is 3.26. The van der Waals surface area contributed by atoms with Crippen LogP contribution < -0.4 is 10.6 Å². The molecule has 28 heavy (non-hydrogen) atoms. The van der Waals surface area contributed by atoms with Crippen molar-refractivity contribution in [2.75, 3.05) is 5.32 Å². The van der Waals surface area contributed by atoms with Crippen molar-refractivity contribution in [3.8, 4) is 5.75 Å². The van der Waals surface area contributed by atoms with E-state index in [1.807, 2.05) is 5.32 Å². The highest BCUT2D eigenvalue weighted by Crippen LogP contribution is 2.36. The molecule has 11 heteroatoms. The van der Waals surface area contributed by atoms with Gasteiger partial charge in [-0.15, -0.1) is 0 Å². The van der Waals surface area contributed by atoms with Crippen LogP contribution in [0, 0.1) is 0 Å². The Balaban J connectivity index is 2.16. The van der Waals surface area contributed by atoms with Crippen molar-refractivity contribution in [2.24, 2.45) is 0 Å². The Morgan fingerprint density at radius 1 is 1.18 bits per heavy atom. The Bertz CT molecular complexity index is 965. The summed E-state index contributed by atoms with van der Waals surface area (Å²) in [5.74, 6) is -1.33. The monoisotopic (exact) mass is 496 g/mol. The fourth-order valence-corrected chi connectivity index (χ4v) is 2.78. The number of alkyl halides is 3. The minimum Gasteiger partial charge on any atom is -0.507 e. The number of benzene rings is 2. The molecule has 0 saturated carbocycles. The number of allylic oxidation sites excluding steroid dienone is 1. The first-order valence-electron chi connectivity index (χ1n) is 7.33. The summed E-state index contributed by atoms with van der Waals surface area (Å²) in [7, 11) is 0. The number of halogens is 6. The van der Waals surface area contributed by atoms with Gasteiger partial charge in [-0.3, -0.25) is 10.1 Å². The van der Waals surface area contributed by atoms with Gasteiger partial charge in [0.1, 0.15) is 10.8 Å². The van der Waals surface area contributed by atoms with Gasteiger partial charge in [-0.05, 0) is 40.2 Å². The van der Waals surface area contributed by atoms with E-state index in [1.54, 1.807) is 12.1 Å². The number of carbonyl (C=O) groups excluding carboxylic acids is 2. The van der Waals surface area contributed by atoms with Crippen molar-refractivity contribution in [3.63, 3.8) is 0 Å². The fraction of sp³-hybridized carbons (Fsp3) is 0.0588. The number of hydrogen-bond acceptors (Lipinski definition) is 3. The molecule has 0 aromatic heterocycles. The summed E-state index contributed by atoms with van der Waals surface area (Å²) in [6, 6.07) is 7.23. The van der Waals surface area contributed by atoms with E-state index < -0.39 is 28.9 Å². The van der Waals surface area contributed by atoms with E-state index in [4.69, 9.17) is 23.2 Å². The second-order valence-corrected chi connectivity index (χ2v) is 6.94. The Labute approximate surface area is 175 Å². The number of aromatic hydroxyl groups is 1. The third kappa shape index (κ3) is 5.63. The van der Waals surface area contributed by atoms with Gasteiger partial charge < -0.3 is 10.4 Å². The smallest absolute Gasteiger partial charge is 0.426 e. The molecule has 0 radical (unpaired) electrons. The highest BCUT2D eigenvalue weighted by Gasteiger charge is 2.32. The van der Waals surface area contributed by atoms with Gasteiger partial charge in [0.25, 0.3) is 5.91 Å². The second kappa shape index (κ2) is 8.85. The van der Waals surface area contributed by atoms with Gasteiger partial charge in [-0.2, -0.15) is 13.2 Å². The largest absolute Gasteiger partial charge is 0.507 e. The lowest BCUT2D eigenvalue weighted by atomic mass is 10.1. The zero-order valence-electron chi connectivity index (χ0n) is 13.6. The summed E-state index contributed by atoms with van der Waals surface area (Å²) in [6.45, 7) is 0. The molecule has 0 atom stereocenters. The van der Waals surface area contributed by atoms with Crippen molar-refractivity contribution >= 4 is 62.8 Å². The maximum Gasteiger partial charge on any atom is 0.426 e. The molecule has 0 bridgehead atoms. The topological polar surface area (TPSA) is 78.4 Å². The van der Waals surface area contributed by atoms with Crippen LogP contribution in [0.1, 0.15) is 15.9 Å². The minimum atomic E-state index is -4.77. The van der Waals surface area contributed by atoms with Gasteiger partial charge in [0.05, 0.1) is 16.3 Å². The molecular weight excluding hydrogens is 488 g/mol. The van der Waals surface area contributed by atoms with E-state index >= 15 is 0 Å². The molecule has 0 fully saturated rings. The number of anilines is 1. The summed E-state index contributed by atoms with van der Waals surface area (Å²) in [5, 5.41) is 12.9. The molecule has 0 heterocycles. The third-order valence-corrected chi connectivity index (χ3v) is 4.57. The van der Waals surface area contributed by atoms with E-state index in [2.05, 4.69) is 21.2 Å². The first-order chi connectivity index (χ1) is 13.0. The predicted octanol–water partition coefficient (Wildman–Crippen LogP) is 5.91. The lowest BCUT2D eigenvalue weighted by molar-refractivity contribution is -0.0836. The number of nitrogens with one attached hydrogen (secondary N) is 2. The fourth-order valence-electron chi connectivity index (χ4n) is 1.98. The van der Waals surface area contributed by atoms with Crippen molar-refractivity contribution in [2.45, 2.75) is 6.18 Å². The van der Waals surface area contributed by atoms with Crippen LogP contribution in [0.25, 0.3) is 6.08 Å². The molecule has 3 N–H and O–H groups in total. The molecule has 0 aliphatic carbocycles. The zero-order valence-corrected chi connectivity index (χ0v) is 16.7. The van der Waals surface area contributed by atoms with Crippen LogP contribution in [-0.2, 0) is 0 Å². The Hall–Kier alpha value is -2.23. The van der Waals surface area contributed by atoms with Crippen molar-refractivity contribution < 1.29 is 27.9 Å². The normalized spacial score (nSPS) is 11.9. The van der Waals surface area contributed by atoms with Gasteiger partial charge in [0.15, 0.2) is 0 Å². The first-order valence-corrected chi connectivity index (χ1v) is 8.87. The molecule has 0 saturated heterocycles. The summed E-state index contributed by atoms with van der Waals surface area (Å²) in [5.41, 5.74) is -0.155. The molecule has 0 aliphatic heterocycles. The number of amides is 3. The molecule has 2 aromatic rings. The maximum atomic E-state index is 12.5. The average Bonchev–Trinajstić information content (AvgIpc) is 2.58. The number of urea groups is 1. The van der Waals surface area contributed by atoms with Gasteiger partial charge in [-0.25, -0.2) is 4.79 Å². The van der Waals surface area contributed by atoms with Crippen LogP contribution in [0.15, 0.2) is 45.9 Å². The van der Waals surface area contributed by atoms with Gasteiger partial charge >= 0.3 is 12.2 Å². The summed E-state index contributed by atoms with van der Waals surface area (Å²) >= 11 is 14.1. The number of carbonyl (C=O) groups is 2. The number of hydrogen-bond donors (Lipinski definition) is 3. The van der Waals surface area contributed by atoms with E-state index in [9.17, 15) is 27.9 Å². The molecule has 148 valence electrons. The van der Waals surface area contributed by atoms with Crippen LogP contribution in [0.3, 0.4) is 0 Å². The van der Waals surface area contributed by atoms with Crippen LogP contribution in [-0.4, -0.2) is 23.2 Å². The van der Waals surface area contributed by atoms with Gasteiger partial charge in [-0.1, -0.05) is 35.3 Å². The van der Waals surface area contributed by atoms with Crippen LogP contribution >= 0.6 is 39.1 Å². The molecule has 0 unspecified atom stereocenters. The molecule has 5 nitrogen and oxygen atoms in total. The average molecular weight is 498 g/mol. The van der Waals surface area contributed by atoms with Crippen LogP contribution in [0.2, 0.25) is 5.02 Å². The second-order valence-electron chi connectivity index (χ2n) is 5.27. The molecular formula is C17H10BrCl2F3N2O3. The molecule has 2 rings (SSSR count). The highest BCUT2D eigenvalue weighted by molar-refractivity contribution is 9.10. The van der Waals surface area contributed by atoms with Crippen LogP contribution in [0.5, 0.6) is 5.75 Å². The SMILES string of the molecule is O=C(NC(=O)c1ccccc1Cl)Nc1cc(O)c(/C=C(\Cl)C(F)(F)F)cc1Br. The standard InChI is InChI=1S/C17H10BrCl2F3N2O3/c18-10-5-8(6-14(20)17(21,22)23)13(26)7-12(10)24-16(28)25-15(27)9-3-1-2-4-11(9)19/h1-7,26H,(H2,24,25,27,28)/b14-6-. The maximum absolute atomic E-state index is 12.5. The Kier molecular flexibility index (Phi) is 6.97. The predicted molar refractivity (Wildman–Crippen MR) is 104 cm³/mol. The summed E-state index contributed by atoms with van der Waals surface area (Å²) < 4.78 is 37.7. The number of rotatable bonds is 3. The van der Waals surface area contributed by atoms with E-state index in [1.165, 1.54) is 12.1 Å². The molecule has 0 spiro atoms. The molecule has 2 aromatic carbocycles. The Morgan fingerprint density at radius 2 is 1.82 bits per heavy atom. The first kappa shape index (κ1) is 22.1. The minimum absolute atomic E-state index is 0.00207. The quantitative estimate of drug-likeness (QED) is 0.493. The molecule has 0 aliphatic rings. The van der Waals surface area contributed by atoms with Crippen LogP contribution in [0.4, 0.5) is 23.7 Å². The zero-order chi connectivity index (χ0) is 21.1. The lowest BCUT2D eigenvalue weighted by Crippen LogP contribution is -2.34.